The number of aromatic nitrogens is 7. The standard InChI is InChI=1S/C23H19N9O/c1-32-10-7-18(31-32)20-19(15-4-5-17-14(11-15)3-2-8-26-17)29-21(22(24)30-20)23(33)27-12-16-6-9-25-13-28-16/h2-11,13H,12H2,1H3,(H2,24,30)(H,27,33). The minimum atomic E-state index is -0.449. The highest BCUT2D eigenvalue weighted by atomic mass is 16.1. The van der Waals surface area contributed by atoms with Crippen molar-refractivity contribution in [2.45, 2.75) is 6.54 Å². The quantitative estimate of drug-likeness (QED) is 0.427. The SMILES string of the molecule is Cn1ccc(-c2nc(N)c(C(=O)NCc3ccncn3)nc2-c2ccc3ncccc3c2)n1. The van der Waals surface area contributed by atoms with Gasteiger partial charge in [-0.25, -0.2) is 19.9 Å². The average molecular weight is 437 g/mol. The van der Waals surface area contributed by atoms with Crippen LogP contribution in [0.4, 0.5) is 5.82 Å². The van der Waals surface area contributed by atoms with Gasteiger partial charge in [-0.3, -0.25) is 14.5 Å². The van der Waals surface area contributed by atoms with Crippen molar-refractivity contribution in [2.24, 2.45) is 7.05 Å². The molecule has 0 radical (unpaired) electrons. The highest BCUT2D eigenvalue weighted by Gasteiger charge is 2.21. The molecule has 0 atom stereocenters. The third-order valence-corrected chi connectivity index (χ3v) is 5.04. The maximum Gasteiger partial charge on any atom is 0.274 e. The molecule has 33 heavy (non-hydrogen) atoms. The summed E-state index contributed by atoms with van der Waals surface area (Å²) in [5, 5.41) is 8.18. The fraction of sp³-hybridized carbons (Fsp3) is 0.0870. The van der Waals surface area contributed by atoms with Crippen molar-refractivity contribution in [1.29, 1.82) is 0 Å². The Morgan fingerprint density at radius 3 is 2.76 bits per heavy atom. The second-order valence-electron chi connectivity index (χ2n) is 7.32. The molecule has 5 rings (SSSR count). The van der Waals surface area contributed by atoms with Gasteiger partial charge in [-0.05, 0) is 30.3 Å². The molecule has 10 heteroatoms. The van der Waals surface area contributed by atoms with Crippen LogP contribution < -0.4 is 11.1 Å². The Morgan fingerprint density at radius 1 is 1.06 bits per heavy atom. The number of carbonyl (C=O) groups is 1. The largest absolute Gasteiger partial charge is 0.382 e. The molecule has 0 unspecified atom stereocenters. The summed E-state index contributed by atoms with van der Waals surface area (Å²) in [7, 11) is 1.82. The van der Waals surface area contributed by atoms with Crippen LogP contribution in [0.2, 0.25) is 0 Å². The molecule has 0 saturated heterocycles. The first-order valence-electron chi connectivity index (χ1n) is 10.1. The second kappa shape index (κ2) is 8.42. The van der Waals surface area contributed by atoms with Gasteiger partial charge in [-0.1, -0.05) is 12.1 Å². The van der Waals surface area contributed by atoms with Crippen LogP contribution in [0, 0.1) is 0 Å². The van der Waals surface area contributed by atoms with E-state index in [2.05, 4.69) is 35.3 Å². The zero-order valence-electron chi connectivity index (χ0n) is 17.7. The average Bonchev–Trinajstić information content (AvgIpc) is 3.29. The predicted molar refractivity (Wildman–Crippen MR) is 123 cm³/mol. The Bertz CT molecular complexity index is 1460. The molecule has 3 N–H and O–H groups in total. The van der Waals surface area contributed by atoms with Gasteiger partial charge in [0.2, 0.25) is 0 Å². The maximum absolute atomic E-state index is 12.9. The molecule has 0 saturated carbocycles. The highest BCUT2D eigenvalue weighted by molar-refractivity contribution is 5.98. The van der Waals surface area contributed by atoms with Crippen LogP contribution in [-0.2, 0) is 13.6 Å². The van der Waals surface area contributed by atoms with Crippen LogP contribution in [-0.4, -0.2) is 40.6 Å². The fourth-order valence-electron chi connectivity index (χ4n) is 3.44. The number of pyridine rings is 1. The number of hydrogen-bond donors (Lipinski definition) is 2. The van der Waals surface area contributed by atoms with Crippen LogP contribution >= 0.6 is 0 Å². The molecule has 0 aliphatic rings. The summed E-state index contributed by atoms with van der Waals surface area (Å²) >= 11 is 0. The van der Waals surface area contributed by atoms with E-state index in [1.165, 1.54) is 6.33 Å². The van der Waals surface area contributed by atoms with E-state index in [1.54, 1.807) is 23.1 Å². The van der Waals surface area contributed by atoms with Crippen LogP contribution in [0.3, 0.4) is 0 Å². The topological polar surface area (TPSA) is 137 Å². The number of hydrogen-bond acceptors (Lipinski definition) is 8. The molecular formula is C23H19N9O. The molecule has 1 aromatic carbocycles. The van der Waals surface area contributed by atoms with Crippen molar-refractivity contribution in [3.8, 4) is 22.6 Å². The van der Waals surface area contributed by atoms with Gasteiger partial charge >= 0.3 is 0 Å². The number of nitrogens with two attached hydrogens (primary N) is 1. The van der Waals surface area contributed by atoms with E-state index in [0.717, 1.165) is 16.5 Å². The normalized spacial score (nSPS) is 10.9. The number of benzene rings is 1. The number of fused-ring (bicyclic) bond motifs is 1. The Labute approximate surface area is 188 Å². The number of carbonyl (C=O) groups excluding carboxylic acids is 1. The van der Waals surface area contributed by atoms with Gasteiger partial charge in [0.25, 0.3) is 5.91 Å². The zero-order valence-corrected chi connectivity index (χ0v) is 17.7. The highest BCUT2D eigenvalue weighted by Crippen LogP contribution is 2.31. The molecule has 4 heterocycles. The van der Waals surface area contributed by atoms with Crippen molar-refractivity contribution in [3.05, 3.63) is 78.8 Å². The lowest BCUT2D eigenvalue weighted by Gasteiger charge is -2.12. The van der Waals surface area contributed by atoms with Gasteiger partial charge < -0.3 is 11.1 Å². The Morgan fingerprint density at radius 2 is 1.97 bits per heavy atom. The number of nitrogens with zero attached hydrogens (tertiary/aromatic N) is 7. The fourth-order valence-corrected chi connectivity index (χ4v) is 3.44. The van der Waals surface area contributed by atoms with Crippen molar-refractivity contribution >= 4 is 22.6 Å². The van der Waals surface area contributed by atoms with Crippen LogP contribution in [0.1, 0.15) is 16.2 Å². The summed E-state index contributed by atoms with van der Waals surface area (Å²) in [5.41, 5.74) is 10.1. The van der Waals surface area contributed by atoms with Crippen LogP contribution in [0.25, 0.3) is 33.5 Å². The van der Waals surface area contributed by atoms with E-state index in [4.69, 9.17) is 5.73 Å². The minimum Gasteiger partial charge on any atom is -0.382 e. The summed E-state index contributed by atoms with van der Waals surface area (Å²) in [6.45, 7) is 0.210. The molecule has 0 fully saturated rings. The van der Waals surface area contributed by atoms with E-state index >= 15 is 0 Å². The molecule has 0 aliphatic carbocycles. The Balaban J connectivity index is 1.59. The molecule has 5 aromatic rings. The number of rotatable bonds is 5. The number of nitrogen functional groups attached to an aromatic ring is 1. The van der Waals surface area contributed by atoms with E-state index in [1.807, 2.05) is 49.6 Å². The van der Waals surface area contributed by atoms with Gasteiger partial charge in [-0.15, -0.1) is 0 Å². The maximum atomic E-state index is 12.9. The van der Waals surface area contributed by atoms with Gasteiger partial charge in [0.1, 0.15) is 17.7 Å². The number of aryl methyl sites for hydroxylation is 1. The van der Waals surface area contributed by atoms with Crippen molar-refractivity contribution in [1.82, 2.24) is 40.0 Å². The van der Waals surface area contributed by atoms with Crippen molar-refractivity contribution < 1.29 is 4.79 Å². The predicted octanol–water partition coefficient (Wildman–Crippen LogP) is 2.39. The molecule has 0 bridgehead atoms. The third-order valence-electron chi connectivity index (χ3n) is 5.04. The summed E-state index contributed by atoms with van der Waals surface area (Å²) < 4.78 is 1.67. The number of amides is 1. The monoisotopic (exact) mass is 437 g/mol. The molecular weight excluding hydrogens is 418 g/mol. The van der Waals surface area contributed by atoms with E-state index < -0.39 is 5.91 Å². The third kappa shape index (κ3) is 4.09. The first-order valence-corrected chi connectivity index (χ1v) is 10.1. The summed E-state index contributed by atoms with van der Waals surface area (Å²) in [6.07, 6.45) is 6.58. The van der Waals surface area contributed by atoms with E-state index in [0.29, 0.717) is 22.8 Å². The van der Waals surface area contributed by atoms with Gasteiger partial charge in [-0.2, -0.15) is 5.10 Å². The second-order valence-corrected chi connectivity index (χ2v) is 7.32. The molecule has 0 aliphatic heterocycles. The molecule has 162 valence electrons. The lowest BCUT2D eigenvalue weighted by Crippen LogP contribution is -2.26. The summed E-state index contributed by atoms with van der Waals surface area (Å²) in [5.74, 6) is -0.433. The van der Waals surface area contributed by atoms with Crippen molar-refractivity contribution in [3.63, 3.8) is 0 Å². The zero-order chi connectivity index (χ0) is 22.8. The van der Waals surface area contributed by atoms with Crippen molar-refractivity contribution in [2.75, 3.05) is 5.73 Å². The van der Waals surface area contributed by atoms with Gasteiger partial charge in [0.05, 0.1) is 23.4 Å². The van der Waals surface area contributed by atoms with Gasteiger partial charge in [0.15, 0.2) is 11.5 Å². The number of nitrogens with one attached hydrogen (secondary N) is 1. The first-order chi connectivity index (χ1) is 16.1. The lowest BCUT2D eigenvalue weighted by atomic mass is 10.0. The summed E-state index contributed by atoms with van der Waals surface area (Å²) in [6, 6.07) is 13.1. The molecule has 10 nitrogen and oxygen atoms in total. The van der Waals surface area contributed by atoms with Crippen LogP contribution in [0.5, 0.6) is 0 Å². The van der Waals surface area contributed by atoms with E-state index in [9.17, 15) is 4.79 Å². The molecule has 4 aromatic heterocycles. The minimum absolute atomic E-state index is 0.0158. The molecule has 1 amide bonds. The number of anilines is 1. The van der Waals surface area contributed by atoms with Crippen LogP contribution in [0.15, 0.2) is 67.4 Å². The smallest absolute Gasteiger partial charge is 0.274 e. The van der Waals surface area contributed by atoms with E-state index in [-0.39, 0.29) is 18.1 Å². The Hall–Kier alpha value is -4.73. The lowest BCUT2D eigenvalue weighted by molar-refractivity contribution is 0.0946. The Kier molecular flexibility index (Phi) is 5.15. The first kappa shape index (κ1) is 20.2. The summed E-state index contributed by atoms with van der Waals surface area (Å²) in [4.78, 5) is 34.4. The molecule has 0 spiro atoms. The van der Waals surface area contributed by atoms with Gasteiger partial charge in [0, 0.05) is 36.6 Å².